The van der Waals surface area contributed by atoms with Gasteiger partial charge in [-0.1, -0.05) is 17.7 Å². The number of hydrogen-bond acceptors (Lipinski definition) is 3. The maximum absolute atomic E-state index is 12.6. The molecule has 1 saturated heterocycles. The lowest BCUT2D eigenvalue weighted by Gasteiger charge is -2.36. The molecule has 1 aliphatic heterocycles. The Hall–Kier alpha value is -3.19. The first kappa shape index (κ1) is 20.1. The summed E-state index contributed by atoms with van der Waals surface area (Å²) in [5, 5.41) is 7.43. The van der Waals surface area contributed by atoms with Gasteiger partial charge in [0.25, 0.3) is 0 Å². The van der Waals surface area contributed by atoms with E-state index in [1.165, 1.54) is 0 Å². The van der Waals surface area contributed by atoms with Crippen LogP contribution in [0.3, 0.4) is 0 Å². The van der Waals surface area contributed by atoms with E-state index < -0.39 is 6.04 Å². The Morgan fingerprint density at radius 3 is 2.50 bits per heavy atom. The normalized spacial score (nSPS) is 15.1. The zero-order valence-corrected chi connectivity index (χ0v) is 17.4. The van der Waals surface area contributed by atoms with Gasteiger partial charge in [0.1, 0.15) is 6.04 Å². The Bertz CT molecular complexity index is 1040. The van der Waals surface area contributed by atoms with Gasteiger partial charge in [-0.2, -0.15) is 0 Å². The summed E-state index contributed by atoms with van der Waals surface area (Å²) in [5.41, 5.74) is 2.72. The van der Waals surface area contributed by atoms with Crippen molar-refractivity contribution in [3.8, 4) is 0 Å². The van der Waals surface area contributed by atoms with Crippen molar-refractivity contribution in [3.05, 3.63) is 59.8 Å². The van der Waals surface area contributed by atoms with Gasteiger partial charge >= 0.3 is 6.03 Å². The Labute approximate surface area is 180 Å². The largest absolute Gasteiger partial charge is 0.368 e. The molecule has 2 heterocycles. The number of benzene rings is 2. The van der Waals surface area contributed by atoms with Gasteiger partial charge in [0.15, 0.2) is 0 Å². The van der Waals surface area contributed by atoms with Crippen LogP contribution in [0.5, 0.6) is 0 Å². The van der Waals surface area contributed by atoms with Gasteiger partial charge in [0.05, 0.1) is 0 Å². The Morgan fingerprint density at radius 1 is 1.03 bits per heavy atom. The maximum atomic E-state index is 12.6. The molecule has 3 amide bonds. The fraction of sp³-hybridized carbons (Fsp3) is 0.273. The molecule has 0 saturated carbocycles. The molecule has 1 fully saturated rings. The molecule has 7 nitrogen and oxygen atoms in total. The number of piperazine rings is 1. The molecule has 3 N–H and O–H groups in total. The van der Waals surface area contributed by atoms with Crippen LogP contribution in [0.25, 0.3) is 10.9 Å². The molecule has 1 atom stereocenters. The highest BCUT2D eigenvalue weighted by Crippen LogP contribution is 2.20. The molecule has 1 aliphatic rings. The monoisotopic (exact) mass is 425 g/mol. The number of H-pyrrole nitrogens is 1. The van der Waals surface area contributed by atoms with Crippen molar-refractivity contribution in [2.75, 3.05) is 36.4 Å². The topological polar surface area (TPSA) is 80.5 Å². The van der Waals surface area contributed by atoms with Crippen molar-refractivity contribution >= 4 is 45.8 Å². The van der Waals surface area contributed by atoms with Gasteiger partial charge in [-0.25, -0.2) is 4.79 Å². The highest BCUT2D eigenvalue weighted by atomic mass is 35.5. The second-order valence-electron chi connectivity index (χ2n) is 7.39. The molecule has 0 aliphatic carbocycles. The number of aromatic nitrogens is 1. The molecule has 0 bridgehead atoms. The summed E-state index contributed by atoms with van der Waals surface area (Å²) >= 11 is 5.95. The van der Waals surface area contributed by atoms with E-state index in [1.54, 1.807) is 11.8 Å². The van der Waals surface area contributed by atoms with Crippen LogP contribution in [0.15, 0.2) is 54.7 Å². The van der Waals surface area contributed by atoms with Crippen LogP contribution in [-0.4, -0.2) is 54.0 Å². The number of carbonyl (C=O) groups excluding carboxylic acids is 2. The first-order chi connectivity index (χ1) is 14.5. The first-order valence-corrected chi connectivity index (χ1v) is 10.3. The number of nitrogens with one attached hydrogen (secondary N) is 3. The molecule has 4 rings (SSSR count). The highest BCUT2D eigenvalue weighted by Gasteiger charge is 2.24. The summed E-state index contributed by atoms with van der Waals surface area (Å²) < 4.78 is 0. The molecule has 3 aromatic rings. The lowest BCUT2D eigenvalue weighted by molar-refractivity contribution is -0.117. The van der Waals surface area contributed by atoms with Crippen molar-refractivity contribution in [3.63, 3.8) is 0 Å². The minimum atomic E-state index is -0.647. The number of carbonyl (C=O) groups is 2. The van der Waals surface area contributed by atoms with Crippen LogP contribution in [0.1, 0.15) is 6.92 Å². The minimum Gasteiger partial charge on any atom is -0.368 e. The molecule has 8 heteroatoms. The predicted molar refractivity (Wildman–Crippen MR) is 120 cm³/mol. The average Bonchev–Trinajstić information content (AvgIpc) is 3.22. The molecule has 156 valence electrons. The van der Waals surface area contributed by atoms with Crippen LogP contribution >= 0.6 is 11.6 Å². The fourth-order valence-electron chi connectivity index (χ4n) is 3.54. The number of halogens is 1. The Morgan fingerprint density at radius 2 is 1.77 bits per heavy atom. The molecule has 30 heavy (non-hydrogen) atoms. The molecule has 2 aromatic carbocycles. The number of amides is 3. The summed E-state index contributed by atoms with van der Waals surface area (Å²) in [4.78, 5) is 32.2. The van der Waals surface area contributed by atoms with E-state index in [2.05, 4.69) is 20.5 Å². The molecule has 0 spiro atoms. The fourth-order valence-corrected chi connectivity index (χ4v) is 3.66. The SMILES string of the molecule is C[C@H](NC(=O)N1CCN(c2ccc(Cl)cc2)CC1)C(=O)Nc1ccc2cc[nH]c2c1. The molecular formula is C22H24ClN5O2. The van der Waals surface area contributed by atoms with Gasteiger partial charge in [-0.05, 0) is 54.8 Å². The van der Waals surface area contributed by atoms with E-state index in [4.69, 9.17) is 11.6 Å². The lowest BCUT2D eigenvalue weighted by atomic mass is 10.2. The van der Waals surface area contributed by atoms with E-state index >= 15 is 0 Å². The number of rotatable bonds is 4. The van der Waals surface area contributed by atoms with E-state index in [9.17, 15) is 9.59 Å². The van der Waals surface area contributed by atoms with E-state index in [-0.39, 0.29) is 11.9 Å². The highest BCUT2D eigenvalue weighted by molar-refractivity contribution is 6.30. The second-order valence-corrected chi connectivity index (χ2v) is 7.83. The summed E-state index contributed by atoms with van der Waals surface area (Å²) in [5.74, 6) is -0.256. The van der Waals surface area contributed by atoms with Crippen molar-refractivity contribution in [2.45, 2.75) is 13.0 Å². The third-order valence-corrected chi connectivity index (χ3v) is 5.57. The van der Waals surface area contributed by atoms with Crippen LogP contribution in [-0.2, 0) is 4.79 Å². The van der Waals surface area contributed by atoms with Gasteiger partial charge in [0.2, 0.25) is 5.91 Å². The summed E-state index contributed by atoms with van der Waals surface area (Å²) in [6.45, 7) is 4.32. The van der Waals surface area contributed by atoms with Crippen molar-refractivity contribution < 1.29 is 9.59 Å². The molecular weight excluding hydrogens is 402 g/mol. The quantitative estimate of drug-likeness (QED) is 0.596. The number of anilines is 2. The Balaban J connectivity index is 1.27. The number of aromatic amines is 1. The Kier molecular flexibility index (Phi) is 5.81. The molecule has 0 radical (unpaired) electrons. The van der Waals surface area contributed by atoms with E-state index in [0.717, 1.165) is 29.7 Å². The van der Waals surface area contributed by atoms with Crippen LogP contribution in [0.2, 0.25) is 5.02 Å². The summed E-state index contributed by atoms with van der Waals surface area (Å²) in [6, 6.07) is 14.4. The van der Waals surface area contributed by atoms with Crippen molar-refractivity contribution in [1.82, 2.24) is 15.2 Å². The first-order valence-electron chi connectivity index (χ1n) is 9.93. The van der Waals surface area contributed by atoms with Crippen LogP contribution in [0.4, 0.5) is 16.2 Å². The van der Waals surface area contributed by atoms with Crippen LogP contribution < -0.4 is 15.5 Å². The summed E-state index contributed by atoms with van der Waals surface area (Å²) in [6.07, 6.45) is 1.85. The minimum absolute atomic E-state index is 0.228. The third-order valence-electron chi connectivity index (χ3n) is 5.31. The predicted octanol–water partition coefficient (Wildman–Crippen LogP) is 3.68. The van der Waals surface area contributed by atoms with Crippen LogP contribution in [0, 0.1) is 0 Å². The van der Waals surface area contributed by atoms with Crippen molar-refractivity contribution in [2.24, 2.45) is 0 Å². The standard InChI is InChI=1S/C22H24ClN5O2/c1-15(21(29)26-18-5-2-16-8-9-24-20(16)14-18)25-22(30)28-12-10-27(11-13-28)19-6-3-17(23)4-7-19/h2-9,14-15,24H,10-13H2,1H3,(H,25,30)(H,26,29)/t15-/m0/s1. The third kappa shape index (κ3) is 4.52. The zero-order valence-electron chi connectivity index (χ0n) is 16.7. The average molecular weight is 426 g/mol. The number of hydrogen-bond donors (Lipinski definition) is 3. The van der Waals surface area contributed by atoms with E-state index in [1.807, 2.05) is 54.7 Å². The molecule has 0 unspecified atom stereocenters. The number of nitrogens with zero attached hydrogens (tertiary/aromatic N) is 2. The van der Waals surface area contributed by atoms with E-state index in [0.29, 0.717) is 23.8 Å². The second kappa shape index (κ2) is 8.67. The smallest absolute Gasteiger partial charge is 0.318 e. The van der Waals surface area contributed by atoms with Gasteiger partial charge in [0, 0.05) is 54.3 Å². The number of fused-ring (bicyclic) bond motifs is 1. The zero-order chi connectivity index (χ0) is 21.1. The van der Waals surface area contributed by atoms with Gasteiger partial charge in [-0.3, -0.25) is 4.79 Å². The van der Waals surface area contributed by atoms with Crippen molar-refractivity contribution in [1.29, 1.82) is 0 Å². The van der Waals surface area contributed by atoms with Gasteiger partial charge < -0.3 is 25.4 Å². The number of urea groups is 1. The lowest BCUT2D eigenvalue weighted by Crippen LogP contribution is -2.54. The summed E-state index contributed by atoms with van der Waals surface area (Å²) in [7, 11) is 0. The molecule has 1 aromatic heterocycles. The van der Waals surface area contributed by atoms with Gasteiger partial charge in [-0.15, -0.1) is 0 Å². The maximum Gasteiger partial charge on any atom is 0.318 e.